The molecule has 1 aromatic carbocycles. The van der Waals surface area contributed by atoms with Crippen LogP contribution >= 0.6 is 0 Å². The van der Waals surface area contributed by atoms with Gasteiger partial charge in [-0.2, -0.15) is 0 Å². The number of aromatic nitrogens is 4. The van der Waals surface area contributed by atoms with Crippen molar-refractivity contribution in [2.45, 2.75) is 114 Å². The Hall–Kier alpha value is -4.71. The smallest absolute Gasteiger partial charge is 0.228 e. The summed E-state index contributed by atoms with van der Waals surface area (Å²) in [6, 6.07) is 16.8. The number of aryl methyl sites for hydroxylation is 4. The van der Waals surface area contributed by atoms with Crippen molar-refractivity contribution in [3.8, 4) is 0 Å². The number of benzene rings is 1. The summed E-state index contributed by atoms with van der Waals surface area (Å²) in [7, 11) is 0. The number of carbonyl (C=O) groups is 1. The zero-order chi connectivity index (χ0) is 35.7. The number of anilines is 2. The van der Waals surface area contributed by atoms with E-state index < -0.39 is 0 Å². The molecule has 4 aromatic rings. The number of carbonyl (C=O) groups excluding carboxylic acids is 1. The Balaban J connectivity index is 1.94. The molecule has 6 nitrogen and oxygen atoms in total. The maximum absolute atomic E-state index is 13.9. The van der Waals surface area contributed by atoms with Gasteiger partial charge in [0.2, 0.25) is 5.91 Å². The number of hydrogen-bond donors (Lipinski definition) is 2. The molecule has 0 fully saturated rings. The maximum Gasteiger partial charge on any atom is 0.228 e. The summed E-state index contributed by atoms with van der Waals surface area (Å²) < 4.78 is 0. The molecule has 2 aliphatic rings. The molecule has 3 aromatic heterocycles. The molecule has 260 valence electrons. The Morgan fingerprint density at radius 3 is 1.58 bits per heavy atom. The molecule has 1 amide bonds. The SMILES string of the molecule is CCC1=C(CC)c2cc3[nH]c(cc4[nH]c(c(CC)c4CC)c(N(C(C)=O)c4ccccc4)c4nc(cc1n2)C(CC)=C4CC)c(CC)c3CC. The average Bonchev–Trinajstić information content (AvgIpc) is 3.85. The van der Waals surface area contributed by atoms with Gasteiger partial charge >= 0.3 is 0 Å². The van der Waals surface area contributed by atoms with Crippen LogP contribution in [0.4, 0.5) is 11.4 Å². The molecule has 0 aliphatic carbocycles. The number of para-hydroxylation sites is 1. The highest BCUT2D eigenvalue weighted by Gasteiger charge is 2.29. The quantitative estimate of drug-likeness (QED) is 0.177. The van der Waals surface area contributed by atoms with Crippen molar-refractivity contribution >= 4 is 61.6 Å². The Bertz CT molecular complexity index is 2180. The van der Waals surface area contributed by atoms with Crippen molar-refractivity contribution in [3.63, 3.8) is 0 Å². The maximum atomic E-state index is 13.9. The van der Waals surface area contributed by atoms with Crippen molar-refractivity contribution in [1.82, 2.24) is 19.9 Å². The van der Waals surface area contributed by atoms with E-state index >= 15 is 0 Å². The minimum Gasteiger partial charge on any atom is -0.355 e. The lowest BCUT2D eigenvalue weighted by Crippen LogP contribution is -2.24. The molecule has 50 heavy (non-hydrogen) atoms. The first kappa shape index (κ1) is 35.1. The monoisotopic (exact) mass is 667 g/mol. The molecule has 0 unspecified atom stereocenters. The van der Waals surface area contributed by atoms with Gasteiger partial charge in [0.05, 0.1) is 34.0 Å². The second-order valence-corrected chi connectivity index (χ2v) is 13.2. The van der Waals surface area contributed by atoms with E-state index in [9.17, 15) is 4.79 Å². The summed E-state index contributed by atoms with van der Waals surface area (Å²) in [6.07, 6.45) is 6.96. The first-order valence-electron chi connectivity index (χ1n) is 18.9. The number of amides is 1. The zero-order valence-electron chi connectivity index (χ0n) is 31.5. The Morgan fingerprint density at radius 2 is 1.04 bits per heavy atom. The third-order valence-electron chi connectivity index (χ3n) is 10.6. The number of H-pyrrole nitrogens is 2. The second-order valence-electron chi connectivity index (χ2n) is 13.2. The van der Waals surface area contributed by atoms with Crippen LogP contribution in [0.2, 0.25) is 0 Å². The van der Waals surface area contributed by atoms with Gasteiger partial charge < -0.3 is 9.97 Å². The summed E-state index contributed by atoms with van der Waals surface area (Å²) >= 11 is 0. The van der Waals surface area contributed by atoms with E-state index in [1.807, 2.05) is 35.2 Å². The number of nitrogens with one attached hydrogen (secondary N) is 2. The van der Waals surface area contributed by atoms with Crippen molar-refractivity contribution < 1.29 is 4.79 Å². The fraction of sp³-hybridized carbons (Fsp3) is 0.386. The largest absolute Gasteiger partial charge is 0.355 e. The van der Waals surface area contributed by atoms with Crippen LogP contribution < -0.4 is 4.90 Å². The fourth-order valence-corrected chi connectivity index (χ4v) is 8.43. The molecular weight excluding hydrogens is 615 g/mol. The van der Waals surface area contributed by atoms with Crippen LogP contribution in [-0.4, -0.2) is 25.8 Å². The van der Waals surface area contributed by atoms with E-state index in [1.54, 1.807) is 6.92 Å². The standard InChI is InChI=1S/C44H53N5O/c1-10-28-30(12-3)38-24-40-32(14-5)34(16-7)42(47-40)44(49(26(9)50)27-21-19-18-20-22-27)43-35(17-8)33(15-6)41(48-43)25-39-31(13-4)29(11-2)37(46-39)23-36(28)45-38/h18-25,45,47H,10-17H2,1-9H3. The van der Waals surface area contributed by atoms with Crippen molar-refractivity contribution in [3.05, 3.63) is 93.6 Å². The van der Waals surface area contributed by atoms with Crippen LogP contribution in [0.5, 0.6) is 0 Å². The van der Waals surface area contributed by atoms with Crippen molar-refractivity contribution in [1.29, 1.82) is 0 Å². The van der Waals surface area contributed by atoms with Gasteiger partial charge in [-0.15, -0.1) is 0 Å². The van der Waals surface area contributed by atoms with E-state index in [0.717, 1.165) is 108 Å². The molecule has 2 aliphatic heterocycles. The molecule has 6 heteroatoms. The lowest BCUT2D eigenvalue weighted by Gasteiger charge is -2.24. The van der Waals surface area contributed by atoms with E-state index in [1.165, 1.54) is 44.5 Å². The Kier molecular flexibility index (Phi) is 10.3. The predicted octanol–water partition coefficient (Wildman–Crippen LogP) is 11.7. The normalized spacial score (nSPS) is 13.1. The van der Waals surface area contributed by atoms with E-state index in [0.29, 0.717) is 0 Å². The number of fused-ring (bicyclic) bond motifs is 8. The Morgan fingerprint density at radius 1 is 0.560 bits per heavy atom. The minimum atomic E-state index is -0.0527. The molecule has 5 heterocycles. The third-order valence-corrected chi connectivity index (χ3v) is 10.6. The summed E-state index contributed by atoms with van der Waals surface area (Å²) in [5, 5.41) is 0. The molecule has 6 rings (SSSR count). The Labute approximate surface area is 297 Å². The van der Waals surface area contributed by atoms with Gasteiger partial charge in [-0.05, 0) is 126 Å². The van der Waals surface area contributed by atoms with E-state index in [4.69, 9.17) is 9.97 Å². The summed E-state index contributed by atoms with van der Waals surface area (Å²) in [5.41, 5.74) is 20.0. The van der Waals surface area contributed by atoms with Crippen LogP contribution in [0.1, 0.15) is 133 Å². The highest BCUT2D eigenvalue weighted by atomic mass is 16.2. The second kappa shape index (κ2) is 14.6. The molecule has 0 atom stereocenters. The van der Waals surface area contributed by atoms with E-state index in [-0.39, 0.29) is 5.91 Å². The summed E-state index contributed by atoms with van der Waals surface area (Å²) in [5.74, 6) is -0.0527. The lowest BCUT2D eigenvalue weighted by molar-refractivity contribution is -0.115. The predicted molar refractivity (Wildman–Crippen MR) is 213 cm³/mol. The number of aromatic amines is 2. The van der Waals surface area contributed by atoms with Crippen LogP contribution in [-0.2, 0) is 30.5 Å². The van der Waals surface area contributed by atoms with Gasteiger partial charge in [0.1, 0.15) is 0 Å². The van der Waals surface area contributed by atoms with Gasteiger partial charge in [0.15, 0.2) is 0 Å². The van der Waals surface area contributed by atoms with Gasteiger partial charge in [0.25, 0.3) is 0 Å². The van der Waals surface area contributed by atoms with Crippen molar-refractivity contribution in [2.75, 3.05) is 4.90 Å². The fourth-order valence-electron chi connectivity index (χ4n) is 8.43. The molecule has 2 N–H and O–H groups in total. The van der Waals surface area contributed by atoms with Crippen molar-refractivity contribution in [2.24, 2.45) is 0 Å². The summed E-state index contributed by atoms with van der Waals surface area (Å²) in [4.78, 5) is 34.5. The first-order chi connectivity index (χ1) is 24.3. The number of rotatable bonds is 10. The topological polar surface area (TPSA) is 77.7 Å². The zero-order valence-corrected chi connectivity index (χ0v) is 31.5. The average molecular weight is 668 g/mol. The van der Waals surface area contributed by atoms with Gasteiger partial charge in [-0.1, -0.05) is 73.6 Å². The molecule has 0 spiro atoms. The summed E-state index contributed by atoms with van der Waals surface area (Å²) in [6.45, 7) is 19.5. The van der Waals surface area contributed by atoms with Crippen LogP contribution in [0.25, 0.3) is 44.4 Å². The minimum absolute atomic E-state index is 0.0527. The van der Waals surface area contributed by atoms with Crippen LogP contribution in [0, 0.1) is 0 Å². The molecular formula is C44H53N5O. The molecule has 0 radical (unpaired) electrons. The van der Waals surface area contributed by atoms with Gasteiger partial charge in [0, 0.05) is 29.2 Å². The molecule has 8 bridgehead atoms. The lowest BCUT2D eigenvalue weighted by atomic mass is 9.96. The van der Waals surface area contributed by atoms with E-state index in [2.05, 4.69) is 83.6 Å². The first-order valence-corrected chi connectivity index (χ1v) is 18.9. The molecule has 0 saturated heterocycles. The number of hydrogen-bond acceptors (Lipinski definition) is 3. The highest BCUT2D eigenvalue weighted by Crippen LogP contribution is 2.45. The van der Waals surface area contributed by atoms with Gasteiger partial charge in [-0.25, -0.2) is 9.97 Å². The van der Waals surface area contributed by atoms with Crippen LogP contribution in [0.15, 0.2) is 48.5 Å². The van der Waals surface area contributed by atoms with Crippen LogP contribution in [0.3, 0.4) is 0 Å². The van der Waals surface area contributed by atoms with Gasteiger partial charge in [-0.3, -0.25) is 9.69 Å². The highest BCUT2D eigenvalue weighted by molar-refractivity contribution is 6.09. The number of allylic oxidation sites excluding steroid dienone is 4. The third kappa shape index (κ3) is 5.82. The number of nitrogens with zero attached hydrogens (tertiary/aromatic N) is 3. The molecule has 0 saturated carbocycles.